The zero-order chi connectivity index (χ0) is 32.4. The highest BCUT2D eigenvalue weighted by molar-refractivity contribution is 7.19. The summed E-state index contributed by atoms with van der Waals surface area (Å²) < 4.78 is 11.2. The second-order valence-corrected chi connectivity index (χ2v) is 16.3. The van der Waals surface area contributed by atoms with E-state index >= 15 is 0 Å². The van der Waals surface area contributed by atoms with Crippen LogP contribution in [0, 0.1) is 19.8 Å². The topological polar surface area (TPSA) is 81.4 Å². The lowest BCUT2D eigenvalue weighted by atomic mass is 9.79. The summed E-state index contributed by atoms with van der Waals surface area (Å²) in [7, 11) is 0. The Morgan fingerprint density at radius 1 is 0.915 bits per heavy atom. The van der Waals surface area contributed by atoms with Crippen molar-refractivity contribution < 1.29 is 19.1 Å². The molecule has 10 heteroatoms. The summed E-state index contributed by atoms with van der Waals surface area (Å²) in [6.45, 7) is 17.5. The van der Waals surface area contributed by atoms with Gasteiger partial charge in [-0.2, -0.15) is 0 Å². The van der Waals surface area contributed by atoms with Gasteiger partial charge in [0, 0.05) is 56.1 Å². The van der Waals surface area contributed by atoms with Gasteiger partial charge in [0.2, 0.25) is 5.91 Å². The number of piperidine rings is 1. The minimum absolute atomic E-state index is 0.0376. The molecule has 252 valence electrons. The van der Waals surface area contributed by atoms with E-state index in [2.05, 4.69) is 71.6 Å². The van der Waals surface area contributed by atoms with Crippen LogP contribution < -0.4 is 0 Å². The normalized spacial score (nSPS) is 28.2. The van der Waals surface area contributed by atoms with Crippen molar-refractivity contribution in [3.63, 3.8) is 0 Å². The van der Waals surface area contributed by atoms with E-state index in [1.807, 2.05) is 4.90 Å². The van der Waals surface area contributed by atoms with Crippen LogP contribution in [0.4, 0.5) is 0 Å². The number of carbonyl (C=O) groups excluding carboxylic acids is 2. The minimum atomic E-state index is -0.514. The Balaban J connectivity index is 0.975. The molecule has 7 heterocycles. The molecule has 9 nitrogen and oxygen atoms in total. The molecule has 1 amide bonds. The van der Waals surface area contributed by atoms with Gasteiger partial charge in [0.05, 0.1) is 23.7 Å². The Kier molecular flexibility index (Phi) is 8.34. The summed E-state index contributed by atoms with van der Waals surface area (Å²) >= 11 is 1.77. The lowest BCUT2D eigenvalue weighted by Gasteiger charge is -2.35. The summed E-state index contributed by atoms with van der Waals surface area (Å²) in [4.78, 5) is 42.4. The number of hydrogen-bond donors (Lipinski definition) is 1. The molecule has 3 atom stereocenters. The quantitative estimate of drug-likeness (QED) is 0.369. The van der Waals surface area contributed by atoms with Gasteiger partial charge in [0.15, 0.2) is 5.78 Å². The molecule has 0 spiro atoms. The molecule has 5 saturated heterocycles. The third kappa shape index (κ3) is 5.89. The van der Waals surface area contributed by atoms with Gasteiger partial charge in [-0.1, -0.05) is 17.2 Å². The number of ketones is 1. The first-order valence-corrected chi connectivity index (χ1v) is 18.4. The Bertz CT molecular complexity index is 1620. The standard InChI is InChI=1S/C37H49N5O4S/c1-23-15-24(2)17-26(16-23)33-27(7-8-39-11-13-40(14-12-39)21-32(43)42-19-29-30(20-42)46-22-45-29)28-18-31(47-36(28)38-33)37(3,4)35(44)34-25-5-9-41(34)10-6-25/h15-18,25,29-30,34,38H,5-14,19-22H2,1-4H3/t29-,30+,34?. The number of benzene rings is 1. The van der Waals surface area contributed by atoms with Crippen LogP contribution in [-0.2, 0) is 30.9 Å². The number of amides is 1. The average Bonchev–Trinajstić information content (AvgIpc) is 3.88. The highest BCUT2D eigenvalue weighted by Crippen LogP contribution is 2.44. The van der Waals surface area contributed by atoms with Crippen LogP contribution >= 0.6 is 11.3 Å². The third-order valence-electron chi connectivity index (χ3n) is 11.7. The van der Waals surface area contributed by atoms with Crippen molar-refractivity contribution in [3.8, 4) is 11.3 Å². The van der Waals surface area contributed by atoms with Crippen molar-refractivity contribution in [2.75, 3.05) is 72.2 Å². The zero-order valence-corrected chi connectivity index (χ0v) is 29.2. The number of hydrogen-bond acceptors (Lipinski definition) is 8. The number of ether oxygens (including phenoxy) is 2. The maximum absolute atomic E-state index is 14.0. The van der Waals surface area contributed by atoms with Crippen molar-refractivity contribution >= 4 is 33.2 Å². The molecule has 0 radical (unpaired) electrons. The number of nitrogens with zero attached hydrogens (tertiary/aromatic N) is 4. The summed E-state index contributed by atoms with van der Waals surface area (Å²) in [5.41, 5.74) is 5.81. The molecule has 1 aromatic carbocycles. The number of fused-ring (bicyclic) bond motifs is 4. The predicted molar refractivity (Wildman–Crippen MR) is 185 cm³/mol. The van der Waals surface area contributed by atoms with Gasteiger partial charge in [0.25, 0.3) is 0 Å². The van der Waals surface area contributed by atoms with Gasteiger partial charge in [-0.3, -0.25) is 19.4 Å². The minimum Gasteiger partial charge on any atom is -0.348 e. The number of rotatable bonds is 9. The van der Waals surface area contributed by atoms with Gasteiger partial charge in [-0.05, 0) is 95.3 Å². The average molecular weight is 660 g/mol. The molecule has 5 aliphatic heterocycles. The molecule has 2 bridgehead atoms. The van der Waals surface area contributed by atoms with Crippen molar-refractivity contribution in [3.05, 3.63) is 45.8 Å². The number of Topliss-reactive ketones (excluding diaryl/α,β-unsaturated/α-hetero) is 1. The summed E-state index contributed by atoms with van der Waals surface area (Å²) in [5, 5.41) is 1.27. The van der Waals surface area contributed by atoms with Gasteiger partial charge in [-0.25, -0.2) is 0 Å². The van der Waals surface area contributed by atoms with Crippen LogP contribution in [-0.4, -0.2) is 127 Å². The van der Waals surface area contributed by atoms with Gasteiger partial charge >= 0.3 is 0 Å². The molecule has 1 unspecified atom stereocenters. The number of thiophene rings is 1. The molecule has 5 fully saturated rings. The van der Waals surface area contributed by atoms with Gasteiger partial charge in [0.1, 0.15) is 23.8 Å². The smallest absolute Gasteiger partial charge is 0.236 e. The van der Waals surface area contributed by atoms with E-state index in [-0.39, 0.29) is 24.2 Å². The fraction of sp³-hybridized carbons (Fsp3) is 0.622. The Hall–Kier alpha value is -2.60. The van der Waals surface area contributed by atoms with Crippen molar-refractivity contribution in [2.45, 2.75) is 70.6 Å². The molecule has 8 rings (SSSR count). The zero-order valence-electron chi connectivity index (χ0n) is 28.3. The number of H-pyrrole nitrogens is 1. The van der Waals surface area contributed by atoms with Gasteiger partial charge in [-0.15, -0.1) is 11.3 Å². The molecule has 47 heavy (non-hydrogen) atoms. The molecule has 0 aliphatic carbocycles. The number of likely N-dealkylation sites (tertiary alicyclic amines) is 1. The number of nitrogens with one attached hydrogen (secondary N) is 1. The Labute approximate surface area is 282 Å². The van der Waals surface area contributed by atoms with Crippen LogP contribution in [0.5, 0.6) is 0 Å². The molecule has 1 N–H and O–H groups in total. The highest BCUT2D eigenvalue weighted by Gasteiger charge is 2.49. The number of aryl methyl sites for hydroxylation is 2. The molecular formula is C37H49N5O4S. The maximum Gasteiger partial charge on any atom is 0.236 e. The first-order chi connectivity index (χ1) is 22.6. The predicted octanol–water partition coefficient (Wildman–Crippen LogP) is 4.20. The molecule has 5 aliphatic rings. The van der Waals surface area contributed by atoms with E-state index in [0.717, 1.165) is 65.1 Å². The van der Waals surface area contributed by atoms with Crippen LogP contribution in [0.2, 0.25) is 0 Å². The van der Waals surface area contributed by atoms with E-state index in [1.54, 1.807) is 11.3 Å². The maximum atomic E-state index is 14.0. The van der Waals surface area contributed by atoms with Crippen LogP contribution in [0.15, 0.2) is 24.3 Å². The largest absolute Gasteiger partial charge is 0.348 e. The monoisotopic (exact) mass is 659 g/mol. The summed E-state index contributed by atoms with van der Waals surface area (Å²) in [6.07, 6.45) is 3.33. The summed E-state index contributed by atoms with van der Waals surface area (Å²) in [6, 6.07) is 9.21. The lowest BCUT2D eigenvalue weighted by molar-refractivity contribution is -0.133. The fourth-order valence-electron chi connectivity index (χ4n) is 8.86. The van der Waals surface area contributed by atoms with E-state index in [4.69, 9.17) is 9.47 Å². The first kappa shape index (κ1) is 31.7. The Morgan fingerprint density at radius 3 is 2.21 bits per heavy atom. The van der Waals surface area contributed by atoms with Crippen molar-refractivity contribution in [1.82, 2.24) is 24.6 Å². The van der Waals surface area contributed by atoms with E-state index in [9.17, 15) is 9.59 Å². The van der Waals surface area contributed by atoms with Crippen LogP contribution in [0.25, 0.3) is 21.5 Å². The van der Waals surface area contributed by atoms with Gasteiger partial charge < -0.3 is 24.3 Å². The van der Waals surface area contributed by atoms with Crippen molar-refractivity contribution in [1.29, 1.82) is 0 Å². The first-order valence-electron chi connectivity index (χ1n) is 17.6. The lowest BCUT2D eigenvalue weighted by Crippen LogP contribution is -2.50. The van der Waals surface area contributed by atoms with E-state index in [0.29, 0.717) is 38.1 Å². The second-order valence-electron chi connectivity index (χ2n) is 15.2. The Morgan fingerprint density at radius 2 is 1.57 bits per heavy atom. The molecular weight excluding hydrogens is 611 g/mol. The number of aromatic amines is 1. The summed E-state index contributed by atoms with van der Waals surface area (Å²) in [5.74, 6) is 1.10. The van der Waals surface area contributed by atoms with Crippen LogP contribution in [0.3, 0.4) is 0 Å². The number of piperazine rings is 1. The fourth-order valence-corrected chi connectivity index (χ4v) is 10.1. The van der Waals surface area contributed by atoms with E-state index in [1.165, 1.54) is 43.0 Å². The second kappa shape index (κ2) is 12.4. The molecule has 0 saturated carbocycles. The SMILES string of the molecule is Cc1cc(C)cc(-c2[nH]c3sc(C(C)(C)C(=O)C4C5CCN4CC5)cc3c2CCN2CCN(CC(=O)N3C[C@@H]4OCO[C@@H]4C3)CC2)c1. The van der Waals surface area contributed by atoms with Crippen LogP contribution in [0.1, 0.15) is 48.3 Å². The number of carbonyl (C=O) groups is 2. The number of aromatic nitrogens is 1. The third-order valence-corrected chi connectivity index (χ3v) is 13.0. The molecule has 2 aromatic heterocycles. The highest BCUT2D eigenvalue weighted by atomic mass is 32.1. The van der Waals surface area contributed by atoms with Crippen molar-refractivity contribution in [2.24, 2.45) is 5.92 Å². The van der Waals surface area contributed by atoms with E-state index < -0.39 is 5.41 Å². The molecule has 3 aromatic rings.